The first-order valence-corrected chi connectivity index (χ1v) is 47.7. The molecule has 0 aromatic carbocycles. The molecule has 19 nitrogen and oxygen atoms in total. The highest BCUT2D eigenvalue weighted by molar-refractivity contribution is 5.76. The van der Waals surface area contributed by atoms with Crippen LogP contribution in [0.25, 0.3) is 0 Å². The number of carbonyl (C=O) groups is 1. The standard InChI is InChI=1S/C96H175NO18/c1-3-5-7-9-11-13-15-17-19-21-23-25-27-29-31-33-35-37-38-39-40-42-44-46-48-50-52-54-56-58-60-62-64-66-68-70-72-74-84(102)97-79(80(101)73-71-69-67-65-63-61-59-57-55-53-51-49-47-45-43-41-36-34-32-30-28-26-24-22-20-18-16-14-12-10-8-6-4-2)78-110-94-90(108)87(105)92(82(76-99)112-94)115-96-91(109)88(106)93(83(77-100)113-96)114-95-89(107)86(104)85(103)81(75-98)111-95/h5,7,11,13,17,19,23,25,29,31,35,37,79-83,85-96,98-101,103-109H,3-4,6,8-10,12,14-16,18,20-22,24,26-28,30,32-34,36,38-78H2,1-2H3,(H,97,102)/b7-5-,13-11-,19-17-,25-23-,31-29-,37-35-. The summed E-state index contributed by atoms with van der Waals surface area (Å²) in [6.45, 7) is 1.75. The molecule has 17 atom stereocenters. The number of unbranched alkanes of at least 4 members (excludes halogenated alkanes) is 50. The molecule has 672 valence electrons. The van der Waals surface area contributed by atoms with Crippen molar-refractivity contribution >= 4 is 5.91 Å². The van der Waals surface area contributed by atoms with Crippen LogP contribution in [-0.4, -0.2) is 193 Å². The van der Waals surface area contributed by atoms with Crippen molar-refractivity contribution in [1.82, 2.24) is 5.32 Å². The van der Waals surface area contributed by atoms with Crippen molar-refractivity contribution in [3.63, 3.8) is 0 Å². The Balaban J connectivity index is 1.30. The number of aliphatic hydroxyl groups excluding tert-OH is 11. The number of hydrogen-bond donors (Lipinski definition) is 12. The third-order valence-electron chi connectivity index (χ3n) is 23.5. The summed E-state index contributed by atoms with van der Waals surface area (Å²) in [5.74, 6) is -0.237. The molecule has 3 aliphatic rings. The zero-order valence-corrected chi connectivity index (χ0v) is 72.8. The maximum absolute atomic E-state index is 13.6. The lowest BCUT2D eigenvalue weighted by Gasteiger charge is -2.48. The molecule has 17 unspecified atom stereocenters. The molecule has 3 saturated heterocycles. The molecule has 0 spiro atoms. The first-order chi connectivity index (χ1) is 56.3. The Hall–Kier alpha value is -2.77. The van der Waals surface area contributed by atoms with Crippen molar-refractivity contribution in [2.45, 2.75) is 503 Å². The molecule has 0 aromatic heterocycles. The van der Waals surface area contributed by atoms with E-state index in [4.69, 9.17) is 28.4 Å². The van der Waals surface area contributed by atoms with Crippen LogP contribution in [0.3, 0.4) is 0 Å². The van der Waals surface area contributed by atoms with Gasteiger partial charge in [0.15, 0.2) is 18.9 Å². The maximum atomic E-state index is 13.6. The van der Waals surface area contributed by atoms with Gasteiger partial charge in [-0.1, -0.05) is 401 Å². The van der Waals surface area contributed by atoms with Crippen molar-refractivity contribution in [2.24, 2.45) is 0 Å². The molecule has 3 fully saturated rings. The quantitative estimate of drug-likeness (QED) is 0.0199. The van der Waals surface area contributed by atoms with Gasteiger partial charge in [0, 0.05) is 6.42 Å². The normalized spacial score (nSPS) is 24.9. The highest BCUT2D eigenvalue weighted by Gasteiger charge is 2.54. The van der Waals surface area contributed by atoms with Crippen LogP contribution >= 0.6 is 0 Å². The summed E-state index contributed by atoms with van der Waals surface area (Å²) in [6.07, 6.45) is 74.5. The van der Waals surface area contributed by atoms with Crippen LogP contribution in [0.2, 0.25) is 0 Å². The van der Waals surface area contributed by atoms with Crippen molar-refractivity contribution in [1.29, 1.82) is 0 Å². The third kappa shape index (κ3) is 53.0. The molecule has 0 radical (unpaired) electrons. The van der Waals surface area contributed by atoms with E-state index < -0.39 is 124 Å². The van der Waals surface area contributed by atoms with Crippen molar-refractivity contribution < 1.29 is 89.4 Å². The lowest BCUT2D eigenvalue weighted by molar-refractivity contribution is -0.379. The highest BCUT2D eigenvalue weighted by atomic mass is 16.8. The summed E-state index contributed by atoms with van der Waals surface area (Å²) in [4.78, 5) is 13.6. The Labute approximate surface area is 699 Å². The van der Waals surface area contributed by atoms with Gasteiger partial charge in [0.05, 0.1) is 38.6 Å². The maximum Gasteiger partial charge on any atom is 0.220 e. The molecule has 0 aromatic rings. The summed E-state index contributed by atoms with van der Waals surface area (Å²) in [5, 5.41) is 122. The number of carbonyl (C=O) groups excluding carboxylic acids is 1. The molecule has 12 N–H and O–H groups in total. The van der Waals surface area contributed by atoms with Gasteiger partial charge in [0.25, 0.3) is 0 Å². The molecular formula is C96H175NO18. The van der Waals surface area contributed by atoms with Crippen molar-refractivity contribution in [2.75, 3.05) is 26.4 Å². The molecule has 19 heteroatoms. The average Bonchev–Trinajstić information content (AvgIpc) is 0.779. The van der Waals surface area contributed by atoms with Gasteiger partial charge < -0.3 is 89.9 Å². The Bertz CT molecular complexity index is 2350. The number of nitrogens with one attached hydrogen (secondary N) is 1. The summed E-state index contributed by atoms with van der Waals surface area (Å²) >= 11 is 0. The van der Waals surface area contributed by atoms with Gasteiger partial charge in [0.1, 0.15) is 73.2 Å². The molecule has 0 aliphatic carbocycles. The minimum absolute atomic E-state index is 0.237. The molecule has 0 bridgehead atoms. The van der Waals surface area contributed by atoms with Crippen LogP contribution < -0.4 is 5.32 Å². The zero-order chi connectivity index (χ0) is 83.1. The molecule has 1 amide bonds. The fraction of sp³-hybridized carbons (Fsp3) is 0.865. The second kappa shape index (κ2) is 75.0. The summed E-state index contributed by atoms with van der Waals surface area (Å²) in [7, 11) is 0. The van der Waals surface area contributed by atoms with Crippen LogP contribution in [0, 0.1) is 0 Å². The van der Waals surface area contributed by atoms with Gasteiger partial charge in [-0.2, -0.15) is 0 Å². The smallest absolute Gasteiger partial charge is 0.220 e. The van der Waals surface area contributed by atoms with E-state index in [1.165, 1.54) is 283 Å². The van der Waals surface area contributed by atoms with E-state index in [1.807, 2.05) is 0 Å². The Kier molecular flexibility index (Phi) is 69.4. The van der Waals surface area contributed by atoms with Gasteiger partial charge in [0.2, 0.25) is 5.91 Å². The zero-order valence-electron chi connectivity index (χ0n) is 72.8. The fourth-order valence-corrected chi connectivity index (χ4v) is 16.0. The van der Waals surface area contributed by atoms with Crippen molar-refractivity contribution in [3.8, 4) is 0 Å². The summed E-state index contributed by atoms with van der Waals surface area (Å²) < 4.78 is 34.6. The van der Waals surface area contributed by atoms with Gasteiger partial charge >= 0.3 is 0 Å². The predicted octanol–water partition coefficient (Wildman–Crippen LogP) is 19.1. The van der Waals surface area contributed by atoms with E-state index in [-0.39, 0.29) is 18.9 Å². The average molecular weight is 1630 g/mol. The monoisotopic (exact) mass is 1630 g/mol. The topological polar surface area (TPSA) is 307 Å². The number of amides is 1. The number of rotatable bonds is 78. The molecule has 0 saturated carbocycles. The Morgan fingerprint density at radius 2 is 0.600 bits per heavy atom. The highest BCUT2D eigenvalue weighted by Crippen LogP contribution is 2.34. The third-order valence-corrected chi connectivity index (χ3v) is 23.5. The fourth-order valence-electron chi connectivity index (χ4n) is 16.0. The molecule has 3 rings (SSSR count). The first-order valence-electron chi connectivity index (χ1n) is 47.7. The van der Waals surface area contributed by atoms with Crippen LogP contribution in [0.4, 0.5) is 0 Å². The second-order valence-electron chi connectivity index (χ2n) is 33.8. The predicted molar refractivity (Wildman–Crippen MR) is 466 cm³/mol. The minimum atomic E-state index is -1.98. The lowest BCUT2D eigenvalue weighted by Crippen LogP contribution is -2.66. The molecule has 3 aliphatic heterocycles. The number of hydrogen-bond acceptors (Lipinski definition) is 18. The Morgan fingerprint density at radius 3 is 0.939 bits per heavy atom. The van der Waals surface area contributed by atoms with Crippen molar-refractivity contribution in [3.05, 3.63) is 72.9 Å². The van der Waals surface area contributed by atoms with Crippen LogP contribution in [0.1, 0.15) is 399 Å². The minimum Gasteiger partial charge on any atom is -0.394 e. The molecule has 115 heavy (non-hydrogen) atoms. The van der Waals surface area contributed by atoms with E-state index >= 15 is 0 Å². The van der Waals surface area contributed by atoms with E-state index in [1.54, 1.807) is 0 Å². The summed E-state index contributed by atoms with van der Waals surface area (Å²) in [6, 6.07) is -0.892. The van der Waals surface area contributed by atoms with E-state index in [2.05, 4.69) is 92.1 Å². The molecule has 3 heterocycles. The van der Waals surface area contributed by atoms with Crippen LogP contribution in [0.15, 0.2) is 72.9 Å². The number of aliphatic hydroxyl groups is 11. The summed E-state index contributed by atoms with van der Waals surface area (Å²) in [5.41, 5.74) is 0. The van der Waals surface area contributed by atoms with Gasteiger partial charge in [-0.25, -0.2) is 0 Å². The lowest BCUT2D eigenvalue weighted by atomic mass is 9.96. The largest absolute Gasteiger partial charge is 0.394 e. The second-order valence-corrected chi connectivity index (χ2v) is 33.8. The number of allylic oxidation sites excluding steroid dienone is 12. The van der Waals surface area contributed by atoms with Crippen LogP contribution in [0.5, 0.6) is 0 Å². The first kappa shape index (κ1) is 106. The van der Waals surface area contributed by atoms with Gasteiger partial charge in [-0.15, -0.1) is 0 Å². The van der Waals surface area contributed by atoms with Gasteiger partial charge in [-0.3, -0.25) is 4.79 Å². The van der Waals surface area contributed by atoms with E-state index in [9.17, 15) is 61.0 Å². The van der Waals surface area contributed by atoms with Crippen LogP contribution in [-0.2, 0) is 33.2 Å². The molecular weight excluding hydrogens is 1460 g/mol. The number of ether oxygens (including phenoxy) is 6. The SMILES string of the molecule is CC/C=C\C/C=C\C/C=C\C/C=C\C/C=C\C/C=C\CCCCCCCCCCCCCCCCCCCCC(=O)NC(COC1OC(CO)C(OC2OC(CO)C(OC3OC(CO)C(O)C(O)C3O)C(O)C2O)C(O)C1O)C(O)CCCCCCCCCCCCCCCCCCCCCCCCCCCCCCCCCCC. The Morgan fingerprint density at radius 1 is 0.322 bits per heavy atom. The van der Waals surface area contributed by atoms with E-state index in [0.29, 0.717) is 12.8 Å². The van der Waals surface area contributed by atoms with E-state index in [0.717, 1.165) is 83.5 Å². The van der Waals surface area contributed by atoms with Gasteiger partial charge in [-0.05, 0) is 64.2 Å².